The molecule has 0 aromatic carbocycles. The number of rotatable bonds is 4. The molecule has 0 bridgehead atoms. The summed E-state index contributed by atoms with van der Waals surface area (Å²) in [5.74, 6) is 0.484. The quantitative estimate of drug-likeness (QED) is 0.505. The first-order valence-corrected chi connectivity index (χ1v) is 5.23. The van der Waals surface area contributed by atoms with Gasteiger partial charge in [0.05, 0.1) is 5.25 Å². The summed E-state index contributed by atoms with van der Waals surface area (Å²) in [6, 6.07) is 0. The summed E-state index contributed by atoms with van der Waals surface area (Å²) >= 11 is 3.87. The minimum atomic E-state index is -3.83. The molecule has 1 atom stereocenters. The highest BCUT2D eigenvalue weighted by Crippen LogP contribution is 2.08. The van der Waals surface area contributed by atoms with Crippen LogP contribution in [0.4, 0.5) is 0 Å². The molecule has 5 heteroatoms. The highest BCUT2D eigenvalue weighted by atomic mass is 32.2. The van der Waals surface area contributed by atoms with Crippen LogP contribution in [0.5, 0.6) is 0 Å². The molecule has 0 aromatic rings. The fraction of sp³-hybridized carbons (Fsp3) is 1.00. The Labute approximate surface area is 67.0 Å². The summed E-state index contributed by atoms with van der Waals surface area (Å²) < 4.78 is 29.5. The van der Waals surface area contributed by atoms with Crippen LogP contribution in [0.15, 0.2) is 0 Å². The predicted octanol–water partition coefficient (Wildman–Crippen LogP) is 0.973. The van der Waals surface area contributed by atoms with Gasteiger partial charge in [-0.15, -0.1) is 0 Å². The molecule has 0 heterocycles. The Morgan fingerprint density at radius 3 is 2.20 bits per heavy atom. The standard InChI is InChI=1S/C5H12O3S2/c1-2-5(3-4-9)10(6,7)8/h5,9H,2-4H2,1H3,(H,6,7,8). The van der Waals surface area contributed by atoms with Gasteiger partial charge in [-0.2, -0.15) is 21.0 Å². The van der Waals surface area contributed by atoms with Crippen molar-refractivity contribution in [1.29, 1.82) is 0 Å². The van der Waals surface area contributed by atoms with Crippen LogP contribution >= 0.6 is 12.6 Å². The molecule has 0 fully saturated rings. The minimum absolute atomic E-state index is 0.415. The van der Waals surface area contributed by atoms with E-state index >= 15 is 0 Å². The smallest absolute Gasteiger partial charge is 0.267 e. The van der Waals surface area contributed by atoms with E-state index in [1.54, 1.807) is 6.92 Å². The molecule has 0 saturated heterocycles. The van der Waals surface area contributed by atoms with Crippen molar-refractivity contribution >= 4 is 22.7 Å². The highest BCUT2D eigenvalue weighted by molar-refractivity contribution is 7.86. The van der Waals surface area contributed by atoms with Crippen LogP contribution in [0.25, 0.3) is 0 Å². The average molecular weight is 184 g/mol. The molecule has 1 N–H and O–H groups in total. The number of hydrogen-bond acceptors (Lipinski definition) is 3. The summed E-state index contributed by atoms with van der Waals surface area (Å²) in [6.45, 7) is 1.72. The molecule has 0 saturated carbocycles. The lowest BCUT2D eigenvalue weighted by Crippen LogP contribution is -2.19. The van der Waals surface area contributed by atoms with Gasteiger partial charge in [0.15, 0.2) is 0 Å². The van der Waals surface area contributed by atoms with E-state index in [9.17, 15) is 8.42 Å². The summed E-state index contributed by atoms with van der Waals surface area (Å²) in [6.07, 6.45) is 0.859. The Hall–Kier alpha value is 0.260. The highest BCUT2D eigenvalue weighted by Gasteiger charge is 2.18. The van der Waals surface area contributed by atoms with Gasteiger partial charge in [0.2, 0.25) is 0 Å². The van der Waals surface area contributed by atoms with Crippen LogP contribution in [0.1, 0.15) is 19.8 Å². The van der Waals surface area contributed by atoms with Gasteiger partial charge >= 0.3 is 0 Å². The first-order chi connectivity index (χ1) is 4.52. The van der Waals surface area contributed by atoms with E-state index in [0.29, 0.717) is 18.6 Å². The van der Waals surface area contributed by atoms with Gasteiger partial charge in [-0.1, -0.05) is 6.92 Å². The third-order valence-electron chi connectivity index (χ3n) is 1.33. The van der Waals surface area contributed by atoms with Crippen molar-refractivity contribution in [3.8, 4) is 0 Å². The Kier molecular flexibility index (Phi) is 4.31. The van der Waals surface area contributed by atoms with Crippen molar-refractivity contribution in [3.05, 3.63) is 0 Å². The predicted molar refractivity (Wildman–Crippen MR) is 44.1 cm³/mol. The Morgan fingerprint density at radius 2 is 2.10 bits per heavy atom. The van der Waals surface area contributed by atoms with Crippen LogP contribution < -0.4 is 0 Å². The van der Waals surface area contributed by atoms with Crippen molar-refractivity contribution in [2.75, 3.05) is 5.75 Å². The van der Waals surface area contributed by atoms with E-state index in [2.05, 4.69) is 12.6 Å². The second-order valence-electron chi connectivity index (χ2n) is 2.06. The molecule has 10 heavy (non-hydrogen) atoms. The minimum Gasteiger partial charge on any atom is -0.285 e. The Bertz CT molecular complexity index is 173. The zero-order valence-corrected chi connectivity index (χ0v) is 7.53. The third kappa shape index (κ3) is 3.43. The van der Waals surface area contributed by atoms with Crippen molar-refractivity contribution in [1.82, 2.24) is 0 Å². The third-order valence-corrected chi connectivity index (χ3v) is 3.00. The summed E-state index contributed by atoms with van der Waals surface area (Å²) in [7, 11) is -3.83. The van der Waals surface area contributed by atoms with Crippen LogP contribution in [0, 0.1) is 0 Å². The first-order valence-electron chi connectivity index (χ1n) is 3.09. The second kappa shape index (κ2) is 4.20. The van der Waals surface area contributed by atoms with E-state index in [1.807, 2.05) is 0 Å². The van der Waals surface area contributed by atoms with E-state index in [4.69, 9.17) is 4.55 Å². The summed E-state index contributed by atoms with van der Waals surface area (Å²) in [4.78, 5) is 0. The van der Waals surface area contributed by atoms with Crippen LogP contribution in [0.3, 0.4) is 0 Å². The van der Waals surface area contributed by atoms with E-state index in [-0.39, 0.29) is 0 Å². The van der Waals surface area contributed by atoms with Gasteiger partial charge < -0.3 is 0 Å². The monoisotopic (exact) mass is 184 g/mol. The number of thiol groups is 1. The SMILES string of the molecule is CCC(CCS)S(=O)(=O)O. The molecule has 0 amide bonds. The molecule has 0 aliphatic heterocycles. The van der Waals surface area contributed by atoms with Crippen molar-refractivity contribution < 1.29 is 13.0 Å². The van der Waals surface area contributed by atoms with E-state index in [1.165, 1.54) is 0 Å². The zero-order valence-electron chi connectivity index (χ0n) is 5.82. The van der Waals surface area contributed by atoms with E-state index < -0.39 is 15.4 Å². The van der Waals surface area contributed by atoms with Gasteiger partial charge in [0, 0.05) is 0 Å². The first kappa shape index (κ1) is 10.3. The molecule has 0 aromatic heterocycles. The largest absolute Gasteiger partial charge is 0.285 e. The van der Waals surface area contributed by atoms with Gasteiger partial charge in [-0.25, -0.2) is 0 Å². The van der Waals surface area contributed by atoms with Crippen LogP contribution in [0.2, 0.25) is 0 Å². The fourth-order valence-corrected chi connectivity index (χ4v) is 2.03. The second-order valence-corrected chi connectivity index (χ2v) is 4.20. The molecular formula is C5H12O3S2. The van der Waals surface area contributed by atoms with Crippen LogP contribution in [-0.4, -0.2) is 24.0 Å². The maximum absolute atomic E-state index is 10.5. The van der Waals surface area contributed by atoms with E-state index in [0.717, 1.165) is 0 Å². The molecule has 0 aliphatic rings. The lowest BCUT2D eigenvalue weighted by molar-refractivity contribution is 0.462. The fourth-order valence-electron chi connectivity index (χ4n) is 0.708. The Morgan fingerprint density at radius 1 is 1.60 bits per heavy atom. The van der Waals surface area contributed by atoms with Gasteiger partial charge in [0.1, 0.15) is 0 Å². The van der Waals surface area contributed by atoms with Gasteiger partial charge in [0.25, 0.3) is 10.1 Å². The molecule has 1 unspecified atom stereocenters. The molecule has 0 aliphatic carbocycles. The Balaban J connectivity index is 4.08. The topological polar surface area (TPSA) is 54.4 Å². The lowest BCUT2D eigenvalue weighted by Gasteiger charge is -2.07. The van der Waals surface area contributed by atoms with Crippen molar-refractivity contribution in [3.63, 3.8) is 0 Å². The molecule has 0 rings (SSSR count). The molecule has 62 valence electrons. The van der Waals surface area contributed by atoms with Crippen molar-refractivity contribution in [2.24, 2.45) is 0 Å². The normalized spacial score (nSPS) is 15.1. The average Bonchev–Trinajstić information content (AvgIpc) is 1.80. The molecule has 3 nitrogen and oxygen atoms in total. The van der Waals surface area contributed by atoms with Crippen LogP contribution in [-0.2, 0) is 10.1 Å². The van der Waals surface area contributed by atoms with Crippen molar-refractivity contribution in [2.45, 2.75) is 25.0 Å². The maximum Gasteiger partial charge on any atom is 0.267 e. The van der Waals surface area contributed by atoms with Gasteiger partial charge in [-0.3, -0.25) is 4.55 Å². The molecule has 0 spiro atoms. The number of hydrogen-bond donors (Lipinski definition) is 2. The zero-order chi connectivity index (χ0) is 8.20. The summed E-state index contributed by atoms with van der Waals surface area (Å²) in [5, 5.41) is -0.634. The lowest BCUT2D eigenvalue weighted by atomic mass is 10.3. The molecule has 0 radical (unpaired) electrons. The maximum atomic E-state index is 10.5. The van der Waals surface area contributed by atoms with Gasteiger partial charge in [-0.05, 0) is 18.6 Å². The summed E-state index contributed by atoms with van der Waals surface area (Å²) in [5.41, 5.74) is 0. The molecular weight excluding hydrogens is 172 g/mol.